The van der Waals surface area contributed by atoms with Gasteiger partial charge in [0.15, 0.2) is 5.13 Å². The Morgan fingerprint density at radius 1 is 1.14 bits per heavy atom. The van der Waals surface area contributed by atoms with Crippen LogP contribution in [0.1, 0.15) is 22.9 Å². The molecule has 0 bridgehead atoms. The second kappa shape index (κ2) is 10.7. The number of carbonyl (C=O) groups is 1. The standard InChI is InChI=1S/C22H26N4O2S/c1-23-22-26-19(15-29-22)13-21(28)25-18-9-7-16(8-10-18)11-12-24-14-20(27)17-5-3-2-4-6-17/h2-10,15,20,24,27H,11-14H2,1H3,(H,23,26)(H,25,28). The van der Waals surface area contributed by atoms with Gasteiger partial charge < -0.3 is 21.1 Å². The average molecular weight is 411 g/mol. The number of nitrogens with one attached hydrogen (secondary N) is 3. The summed E-state index contributed by atoms with van der Waals surface area (Å²) in [6.07, 6.45) is 0.602. The summed E-state index contributed by atoms with van der Waals surface area (Å²) in [7, 11) is 1.81. The molecule has 0 spiro atoms. The lowest BCUT2D eigenvalue weighted by Crippen LogP contribution is -2.23. The first-order valence-corrected chi connectivity index (χ1v) is 10.5. The Kier molecular flexibility index (Phi) is 7.75. The van der Waals surface area contributed by atoms with E-state index in [1.165, 1.54) is 16.9 Å². The van der Waals surface area contributed by atoms with E-state index in [1.807, 2.05) is 67.0 Å². The average Bonchev–Trinajstić information content (AvgIpc) is 3.20. The molecule has 3 rings (SSSR count). The van der Waals surface area contributed by atoms with Crippen LogP contribution in [0.5, 0.6) is 0 Å². The third-order valence-electron chi connectivity index (χ3n) is 4.46. The topological polar surface area (TPSA) is 86.3 Å². The Bertz CT molecular complexity index is 897. The van der Waals surface area contributed by atoms with Gasteiger partial charge in [0.1, 0.15) is 0 Å². The lowest BCUT2D eigenvalue weighted by Gasteiger charge is -2.12. The molecule has 0 saturated carbocycles. The molecule has 0 aliphatic carbocycles. The normalized spacial score (nSPS) is 11.8. The molecule has 1 aromatic heterocycles. The molecule has 3 aromatic rings. The summed E-state index contributed by atoms with van der Waals surface area (Å²) < 4.78 is 0. The Morgan fingerprint density at radius 2 is 1.90 bits per heavy atom. The highest BCUT2D eigenvalue weighted by molar-refractivity contribution is 7.13. The van der Waals surface area contributed by atoms with Crippen molar-refractivity contribution in [3.63, 3.8) is 0 Å². The molecule has 1 amide bonds. The zero-order valence-electron chi connectivity index (χ0n) is 16.4. The molecule has 2 aromatic carbocycles. The summed E-state index contributed by atoms with van der Waals surface area (Å²) in [6.45, 7) is 1.29. The molecule has 0 aliphatic heterocycles. The Labute approximate surface area is 175 Å². The van der Waals surface area contributed by atoms with Crippen molar-refractivity contribution in [1.82, 2.24) is 10.3 Å². The van der Waals surface area contributed by atoms with Crippen LogP contribution >= 0.6 is 11.3 Å². The third kappa shape index (κ3) is 6.67. The summed E-state index contributed by atoms with van der Waals surface area (Å²) in [6, 6.07) is 17.5. The van der Waals surface area contributed by atoms with E-state index in [1.54, 1.807) is 0 Å². The minimum absolute atomic E-state index is 0.0812. The number of hydrogen-bond donors (Lipinski definition) is 4. The molecule has 0 saturated heterocycles. The number of aliphatic hydroxyl groups is 1. The van der Waals surface area contributed by atoms with E-state index >= 15 is 0 Å². The second-order valence-corrected chi connectivity index (χ2v) is 7.55. The summed E-state index contributed by atoms with van der Waals surface area (Å²) in [5, 5.41) is 22.0. The fraction of sp³-hybridized carbons (Fsp3) is 0.273. The minimum atomic E-state index is -0.504. The number of hydrogen-bond acceptors (Lipinski definition) is 6. The SMILES string of the molecule is CNc1nc(CC(=O)Nc2ccc(CCNCC(O)c3ccccc3)cc2)cs1. The molecule has 1 heterocycles. The Balaban J connectivity index is 1.38. The summed E-state index contributed by atoms with van der Waals surface area (Å²) in [5.41, 5.74) is 3.62. The number of thiazole rings is 1. The maximum atomic E-state index is 12.2. The second-order valence-electron chi connectivity index (χ2n) is 6.70. The lowest BCUT2D eigenvalue weighted by molar-refractivity contribution is -0.115. The van der Waals surface area contributed by atoms with Crippen molar-refractivity contribution in [2.45, 2.75) is 18.9 Å². The van der Waals surface area contributed by atoms with Gasteiger partial charge in [-0.2, -0.15) is 0 Å². The van der Waals surface area contributed by atoms with Gasteiger partial charge in [0.05, 0.1) is 18.2 Å². The van der Waals surface area contributed by atoms with Crippen LogP contribution in [0, 0.1) is 0 Å². The van der Waals surface area contributed by atoms with Gasteiger partial charge in [-0.1, -0.05) is 42.5 Å². The Hall–Kier alpha value is -2.74. The molecule has 1 unspecified atom stereocenters. The van der Waals surface area contributed by atoms with E-state index in [4.69, 9.17) is 0 Å². The first kappa shape index (κ1) is 21.0. The van der Waals surface area contributed by atoms with E-state index in [-0.39, 0.29) is 12.3 Å². The van der Waals surface area contributed by atoms with Gasteiger partial charge in [-0.05, 0) is 36.2 Å². The minimum Gasteiger partial charge on any atom is -0.387 e. The molecule has 29 heavy (non-hydrogen) atoms. The van der Waals surface area contributed by atoms with Crippen molar-refractivity contribution in [1.29, 1.82) is 0 Å². The zero-order valence-corrected chi connectivity index (χ0v) is 17.2. The molecule has 0 fully saturated rings. The van der Waals surface area contributed by atoms with Crippen LogP contribution in [0.25, 0.3) is 0 Å². The largest absolute Gasteiger partial charge is 0.387 e. The highest BCUT2D eigenvalue weighted by atomic mass is 32.1. The van der Waals surface area contributed by atoms with Crippen LogP contribution in [0.4, 0.5) is 10.8 Å². The maximum absolute atomic E-state index is 12.2. The highest BCUT2D eigenvalue weighted by Crippen LogP contribution is 2.16. The van der Waals surface area contributed by atoms with Crippen LogP contribution in [0.2, 0.25) is 0 Å². The number of amides is 1. The van der Waals surface area contributed by atoms with Gasteiger partial charge >= 0.3 is 0 Å². The highest BCUT2D eigenvalue weighted by Gasteiger charge is 2.08. The molecule has 152 valence electrons. The predicted molar refractivity (Wildman–Crippen MR) is 118 cm³/mol. The van der Waals surface area contributed by atoms with Crippen LogP contribution < -0.4 is 16.0 Å². The van der Waals surface area contributed by atoms with Crippen molar-refractivity contribution >= 4 is 28.1 Å². The first-order valence-electron chi connectivity index (χ1n) is 9.58. The van der Waals surface area contributed by atoms with Gasteiger partial charge in [0.2, 0.25) is 5.91 Å². The lowest BCUT2D eigenvalue weighted by atomic mass is 10.1. The van der Waals surface area contributed by atoms with E-state index in [9.17, 15) is 9.90 Å². The van der Waals surface area contributed by atoms with Crippen molar-refractivity contribution in [3.05, 3.63) is 76.8 Å². The van der Waals surface area contributed by atoms with Gasteiger partial charge in [-0.3, -0.25) is 4.79 Å². The molecular weight excluding hydrogens is 384 g/mol. The zero-order chi connectivity index (χ0) is 20.5. The van der Waals surface area contributed by atoms with Crippen LogP contribution in [-0.4, -0.2) is 36.1 Å². The van der Waals surface area contributed by atoms with Crippen LogP contribution in [-0.2, 0) is 17.6 Å². The predicted octanol–water partition coefficient (Wildman–Crippen LogP) is 3.23. The molecule has 1 atom stereocenters. The van der Waals surface area contributed by atoms with Gasteiger partial charge in [0, 0.05) is 24.7 Å². The molecular formula is C22H26N4O2S. The molecule has 0 aliphatic rings. The van der Waals surface area contributed by atoms with E-state index in [0.717, 1.165) is 35.0 Å². The quantitative estimate of drug-likeness (QED) is 0.386. The summed E-state index contributed by atoms with van der Waals surface area (Å²) in [5.74, 6) is -0.0812. The number of rotatable bonds is 10. The fourth-order valence-corrected chi connectivity index (χ4v) is 3.56. The van der Waals surface area contributed by atoms with Gasteiger partial charge in [-0.25, -0.2) is 4.98 Å². The monoisotopic (exact) mass is 410 g/mol. The van der Waals surface area contributed by atoms with Crippen molar-refractivity contribution < 1.29 is 9.90 Å². The molecule has 4 N–H and O–H groups in total. The number of carbonyl (C=O) groups excluding carboxylic acids is 1. The van der Waals surface area contributed by atoms with Gasteiger partial charge in [-0.15, -0.1) is 11.3 Å². The van der Waals surface area contributed by atoms with Crippen molar-refractivity contribution in [3.8, 4) is 0 Å². The van der Waals surface area contributed by atoms with Crippen LogP contribution in [0.3, 0.4) is 0 Å². The maximum Gasteiger partial charge on any atom is 0.230 e. The molecule has 6 nitrogen and oxygen atoms in total. The van der Waals surface area contributed by atoms with Crippen molar-refractivity contribution in [2.75, 3.05) is 30.8 Å². The fourth-order valence-electron chi connectivity index (χ4n) is 2.89. The molecule has 0 radical (unpaired) electrons. The molecule has 7 heteroatoms. The van der Waals surface area contributed by atoms with Crippen molar-refractivity contribution in [2.24, 2.45) is 0 Å². The summed E-state index contributed by atoms with van der Waals surface area (Å²) >= 11 is 1.49. The van der Waals surface area contributed by atoms with E-state index < -0.39 is 6.10 Å². The Morgan fingerprint density at radius 3 is 2.59 bits per heavy atom. The smallest absolute Gasteiger partial charge is 0.230 e. The number of nitrogens with zero attached hydrogens (tertiary/aromatic N) is 1. The third-order valence-corrected chi connectivity index (χ3v) is 5.37. The van der Waals surface area contributed by atoms with E-state index in [2.05, 4.69) is 20.9 Å². The van der Waals surface area contributed by atoms with Crippen LogP contribution in [0.15, 0.2) is 60.0 Å². The van der Waals surface area contributed by atoms with E-state index in [0.29, 0.717) is 6.54 Å². The number of anilines is 2. The number of benzene rings is 2. The van der Waals surface area contributed by atoms with Gasteiger partial charge in [0.25, 0.3) is 0 Å². The summed E-state index contributed by atoms with van der Waals surface area (Å²) in [4.78, 5) is 16.5. The first-order chi connectivity index (χ1) is 14.1. The number of aromatic nitrogens is 1. The number of aliphatic hydroxyl groups excluding tert-OH is 1.